The highest BCUT2D eigenvalue weighted by atomic mass is 15.0. The lowest BCUT2D eigenvalue weighted by atomic mass is 9.63. The third-order valence-corrected chi connectivity index (χ3v) is 12.3. The van der Waals surface area contributed by atoms with Crippen molar-refractivity contribution < 1.29 is 0 Å². The van der Waals surface area contributed by atoms with Crippen molar-refractivity contribution in [1.82, 2.24) is 19.5 Å². The molecule has 63 heavy (non-hydrogen) atoms. The Kier molecular flexibility index (Phi) is 9.59. The van der Waals surface area contributed by atoms with Crippen molar-refractivity contribution in [1.29, 1.82) is 0 Å². The SMILES string of the molecule is Cc1ccc2c(c1)c1ccccc1n2-c1ccc(-c2nc(-c3ccccc3)nc(-c3ccccc3)n2)cc1-c1ccccc1C(c1ccccc1)(c1ccccc1)c1ccccc1. The van der Waals surface area contributed by atoms with E-state index in [1.54, 1.807) is 0 Å². The van der Waals surface area contributed by atoms with E-state index in [9.17, 15) is 0 Å². The van der Waals surface area contributed by atoms with Gasteiger partial charge in [0.15, 0.2) is 17.5 Å². The Balaban J connectivity index is 1.26. The Bertz CT molecular complexity index is 3230. The maximum absolute atomic E-state index is 5.22. The van der Waals surface area contributed by atoms with Crippen LogP contribution >= 0.6 is 0 Å². The Hall–Kier alpha value is -8.21. The summed E-state index contributed by atoms with van der Waals surface area (Å²) in [5.41, 5.74) is 13.5. The number of benzene rings is 9. The standard InChI is InChI=1S/C59H42N4/c1-41-35-37-54-50(39-41)49-32-18-20-34-53(49)63(54)55-38-36-44(58-61-56(42-21-7-2-8-22-42)60-57(62-58)43-23-9-3-10-24-43)40-51(55)48-31-17-19-33-52(48)59(45-25-11-4-12-26-45,46-27-13-5-14-28-46)47-29-15-6-16-30-47/h2-40H,1H3. The van der Waals surface area contributed by atoms with E-state index in [2.05, 4.69) is 212 Å². The average molecular weight is 807 g/mol. The van der Waals surface area contributed by atoms with Crippen LogP contribution in [0.25, 0.3) is 72.8 Å². The first-order valence-electron chi connectivity index (χ1n) is 21.4. The van der Waals surface area contributed by atoms with Crippen LogP contribution in [-0.2, 0) is 5.41 Å². The number of para-hydroxylation sites is 1. The molecule has 0 saturated heterocycles. The number of hydrogen-bond acceptors (Lipinski definition) is 3. The Labute approximate surface area is 367 Å². The molecule has 0 aliphatic heterocycles. The molecule has 0 bridgehead atoms. The predicted octanol–water partition coefficient (Wildman–Crippen LogP) is 14.3. The van der Waals surface area contributed by atoms with Crippen LogP contribution in [0.3, 0.4) is 0 Å². The van der Waals surface area contributed by atoms with Gasteiger partial charge in [-0.25, -0.2) is 15.0 Å². The quantitative estimate of drug-likeness (QED) is 0.136. The Morgan fingerprint density at radius 2 is 0.810 bits per heavy atom. The summed E-state index contributed by atoms with van der Waals surface area (Å²) in [7, 11) is 0. The zero-order valence-corrected chi connectivity index (χ0v) is 34.8. The third kappa shape index (κ3) is 6.61. The second-order valence-corrected chi connectivity index (χ2v) is 16.0. The Morgan fingerprint density at radius 1 is 0.349 bits per heavy atom. The zero-order valence-electron chi connectivity index (χ0n) is 34.8. The van der Waals surface area contributed by atoms with Gasteiger partial charge < -0.3 is 4.57 Å². The second-order valence-electron chi connectivity index (χ2n) is 16.0. The molecule has 0 aliphatic carbocycles. The summed E-state index contributed by atoms with van der Waals surface area (Å²) in [6, 6.07) is 84.4. The van der Waals surface area contributed by atoms with E-state index < -0.39 is 5.41 Å². The molecule has 0 unspecified atom stereocenters. The first-order chi connectivity index (χ1) is 31.2. The molecule has 0 aliphatic rings. The fourth-order valence-electron chi connectivity index (χ4n) is 9.45. The number of aromatic nitrogens is 4. The van der Waals surface area contributed by atoms with Gasteiger partial charge in [-0.1, -0.05) is 206 Å². The van der Waals surface area contributed by atoms with Crippen LogP contribution in [0.15, 0.2) is 237 Å². The highest BCUT2D eigenvalue weighted by molar-refractivity contribution is 6.10. The highest BCUT2D eigenvalue weighted by Crippen LogP contribution is 2.50. The number of nitrogens with zero attached hydrogens (tertiary/aromatic N) is 4. The van der Waals surface area contributed by atoms with Gasteiger partial charge in [0.1, 0.15) is 0 Å². The first kappa shape index (κ1) is 37.8. The van der Waals surface area contributed by atoms with Gasteiger partial charge in [0, 0.05) is 33.0 Å². The lowest BCUT2D eigenvalue weighted by Gasteiger charge is -2.38. The molecule has 2 aromatic heterocycles. The summed E-state index contributed by atoms with van der Waals surface area (Å²) in [6.07, 6.45) is 0. The smallest absolute Gasteiger partial charge is 0.164 e. The van der Waals surface area contributed by atoms with Crippen LogP contribution in [0.5, 0.6) is 0 Å². The average Bonchev–Trinajstić information content (AvgIpc) is 3.69. The molecule has 298 valence electrons. The topological polar surface area (TPSA) is 43.6 Å². The molecule has 0 spiro atoms. The molecule has 9 aromatic carbocycles. The minimum absolute atomic E-state index is 0.603. The number of rotatable bonds is 9. The molecule has 11 rings (SSSR count). The van der Waals surface area contributed by atoms with Crippen molar-refractivity contribution in [3.63, 3.8) is 0 Å². The molecular weight excluding hydrogens is 765 g/mol. The van der Waals surface area contributed by atoms with Crippen LogP contribution in [0.4, 0.5) is 0 Å². The lowest BCUT2D eigenvalue weighted by Crippen LogP contribution is -2.31. The van der Waals surface area contributed by atoms with Gasteiger partial charge in [-0.2, -0.15) is 0 Å². The maximum Gasteiger partial charge on any atom is 0.164 e. The Morgan fingerprint density at radius 3 is 1.38 bits per heavy atom. The van der Waals surface area contributed by atoms with Crippen molar-refractivity contribution in [2.45, 2.75) is 12.3 Å². The monoisotopic (exact) mass is 806 g/mol. The molecule has 0 saturated carbocycles. The lowest BCUT2D eigenvalue weighted by molar-refractivity contribution is 0.747. The van der Waals surface area contributed by atoms with E-state index in [1.165, 1.54) is 33.0 Å². The summed E-state index contributed by atoms with van der Waals surface area (Å²) < 4.78 is 2.44. The number of fused-ring (bicyclic) bond motifs is 3. The largest absolute Gasteiger partial charge is 0.309 e. The summed E-state index contributed by atoms with van der Waals surface area (Å²) in [6.45, 7) is 2.17. The summed E-state index contributed by atoms with van der Waals surface area (Å²) in [4.78, 5) is 15.5. The van der Waals surface area contributed by atoms with Crippen molar-refractivity contribution in [3.8, 4) is 51.0 Å². The zero-order chi connectivity index (χ0) is 42.2. The van der Waals surface area contributed by atoms with E-state index in [0.29, 0.717) is 17.5 Å². The van der Waals surface area contributed by atoms with Gasteiger partial charge in [0.2, 0.25) is 0 Å². The molecule has 2 heterocycles. The van der Waals surface area contributed by atoms with Gasteiger partial charge in [0.25, 0.3) is 0 Å². The molecular formula is C59H42N4. The van der Waals surface area contributed by atoms with Gasteiger partial charge in [0.05, 0.1) is 22.1 Å². The first-order valence-corrected chi connectivity index (χ1v) is 21.4. The fraction of sp³-hybridized carbons (Fsp3) is 0.0339. The second kappa shape index (κ2) is 16.0. The molecule has 0 amide bonds. The molecule has 0 atom stereocenters. The highest BCUT2D eigenvalue weighted by Gasteiger charge is 2.40. The van der Waals surface area contributed by atoms with Gasteiger partial charge >= 0.3 is 0 Å². The molecule has 4 heteroatoms. The maximum atomic E-state index is 5.22. The fourth-order valence-corrected chi connectivity index (χ4v) is 9.45. The van der Waals surface area contributed by atoms with Crippen LogP contribution in [0.1, 0.15) is 27.8 Å². The van der Waals surface area contributed by atoms with Crippen molar-refractivity contribution >= 4 is 21.8 Å². The van der Waals surface area contributed by atoms with Gasteiger partial charge in [-0.3, -0.25) is 0 Å². The normalized spacial score (nSPS) is 11.6. The van der Waals surface area contributed by atoms with E-state index >= 15 is 0 Å². The molecule has 0 radical (unpaired) electrons. The van der Waals surface area contributed by atoms with Crippen LogP contribution in [0, 0.1) is 6.92 Å². The third-order valence-electron chi connectivity index (χ3n) is 12.3. The van der Waals surface area contributed by atoms with E-state index in [4.69, 9.17) is 15.0 Å². The molecule has 11 aromatic rings. The number of aryl methyl sites for hydroxylation is 1. The van der Waals surface area contributed by atoms with Gasteiger partial charge in [-0.05, 0) is 71.1 Å². The van der Waals surface area contributed by atoms with Crippen LogP contribution < -0.4 is 0 Å². The van der Waals surface area contributed by atoms with E-state index in [-0.39, 0.29) is 0 Å². The van der Waals surface area contributed by atoms with Crippen molar-refractivity contribution in [2.24, 2.45) is 0 Å². The minimum Gasteiger partial charge on any atom is -0.309 e. The van der Waals surface area contributed by atoms with Gasteiger partial charge in [-0.15, -0.1) is 0 Å². The molecule has 4 nitrogen and oxygen atoms in total. The molecule has 0 N–H and O–H groups in total. The summed E-state index contributed by atoms with van der Waals surface area (Å²) in [5.74, 6) is 1.85. The summed E-state index contributed by atoms with van der Waals surface area (Å²) in [5, 5.41) is 2.43. The molecule has 0 fully saturated rings. The number of hydrogen-bond donors (Lipinski definition) is 0. The van der Waals surface area contributed by atoms with Crippen LogP contribution in [-0.4, -0.2) is 19.5 Å². The van der Waals surface area contributed by atoms with E-state index in [0.717, 1.165) is 50.1 Å². The summed E-state index contributed by atoms with van der Waals surface area (Å²) >= 11 is 0. The van der Waals surface area contributed by atoms with E-state index in [1.807, 2.05) is 36.4 Å². The van der Waals surface area contributed by atoms with Crippen molar-refractivity contribution in [2.75, 3.05) is 0 Å². The van der Waals surface area contributed by atoms with Crippen LogP contribution in [0.2, 0.25) is 0 Å². The minimum atomic E-state index is -0.695. The van der Waals surface area contributed by atoms with Crippen molar-refractivity contribution in [3.05, 3.63) is 264 Å². The predicted molar refractivity (Wildman–Crippen MR) is 259 cm³/mol.